The smallest absolute Gasteiger partial charge is 0.408 e. The van der Waals surface area contributed by atoms with Gasteiger partial charge in [0.05, 0.1) is 31.3 Å². The van der Waals surface area contributed by atoms with Crippen molar-refractivity contribution in [2.75, 3.05) is 6.61 Å². The van der Waals surface area contributed by atoms with Crippen LogP contribution < -0.4 is 10.6 Å². The minimum atomic E-state index is -1.47. The molecule has 16 heteroatoms. The number of rotatable bonds is 15. The van der Waals surface area contributed by atoms with Gasteiger partial charge < -0.3 is 63.5 Å². The molecular weight excluding hydrogens is 780 g/mol. The number of aliphatic hydroxyl groups excluding tert-OH is 2. The molecular formula is C44H56N2O14. The molecule has 0 radical (unpaired) electrons. The summed E-state index contributed by atoms with van der Waals surface area (Å²) in [5.74, 6) is -0.783. The number of ether oxygens (including phenoxy) is 9. The third kappa shape index (κ3) is 10.7. The van der Waals surface area contributed by atoms with Crippen molar-refractivity contribution in [3.8, 4) is 0 Å². The van der Waals surface area contributed by atoms with Crippen LogP contribution >= 0.6 is 0 Å². The van der Waals surface area contributed by atoms with Gasteiger partial charge in [0.15, 0.2) is 18.9 Å². The highest BCUT2D eigenvalue weighted by atomic mass is 16.8. The molecule has 4 N–H and O–H groups in total. The zero-order valence-electron chi connectivity index (χ0n) is 34.0. The molecule has 1 saturated carbocycles. The topological polar surface area (TPSA) is 199 Å². The fraction of sp³-hybridized carbons (Fsp3) is 0.568. The Balaban J connectivity index is 1.05. The molecule has 2 saturated heterocycles. The number of alkyl carbamates (subject to hydrolysis) is 2. The van der Waals surface area contributed by atoms with Crippen molar-refractivity contribution in [1.29, 1.82) is 0 Å². The number of carbonyl (C=O) groups excluding carboxylic acids is 3. The van der Waals surface area contributed by atoms with Crippen LogP contribution in [0.15, 0.2) is 85.0 Å². The monoisotopic (exact) mass is 836 g/mol. The highest BCUT2D eigenvalue weighted by Crippen LogP contribution is 2.43. The maximum atomic E-state index is 13.0. The van der Waals surface area contributed by atoms with Gasteiger partial charge in [-0.1, -0.05) is 106 Å². The average Bonchev–Trinajstić information content (AvgIpc) is 3.78. The predicted octanol–water partition coefficient (Wildman–Crippen LogP) is 4.16. The van der Waals surface area contributed by atoms with Crippen molar-refractivity contribution in [2.24, 2.45) is 11.8 Å². The number of hydrogen-bond donors (Lipinski definition) is 4. The number of nitrogens with one attached hydrogen (secondary N) is 2. The SMILES string of the molecule is CC[C@@H]1C=C[C@@H](NC(=O)OCc2ccccc2)[C@@H](O[C@H]2[C@H](O[C@@H]3O[C@H](CO)[C@@H](O[C@H]4O[C@H](CC)C=C[C@H]4NC(=O)OCc4ccccc4)[C@H]3O)[C@H]3OC(=O)C[C@@H]3C[C@@H]2C)O1. The number of fused-ring (bicyclic) bond motifs is 1. The second-order valence-corrected chi connectivity index (χ2v) is 15.8. The molecule has 7 rings (SSSR count). The molecule has 3 fully saturated rings. The normalized spacial score (nSPS) is 36.0. The summed E-state index contributed by atoms with van der Waals surface area (Å²) in [6, 6.07) is 17.0. The molecule has 60 heavy (non-hydrogen) atoms. The maximum absolute atomic E-state index is 13.0. The molecule has 4 heterocycles. The van der Waals surface area contributed by atoms with Crippen LogP contribution in [0.1, 0.15) is 57.6 Å². The molecule has 0 unspecified atom stereocenters. The van der Waals surface area contributed by atoms with Crippen molar-refractivity contribution in [3.05, 3.63) is 96.1 Å². The summed E-state index contributed by atoms with van der Waals surface area (Å²) in [7, 11) is 0. The van der Waals surface area contributed by atoms with E-state index in [0.717, 1.165) is 11.1 Å². The molecule has 15 atom stereocenters. The predicted molar refractivity (Wildman–Crippen MR) is 211 cm³/mol. The maximum Gasteiger partial charge on any atom is 0.408 e. The van der Waals surface area contributed by atoms with Crippen molar-refractivity contribution >= 4 is 18.2 Å². The van der Waals surface area contributed by atoms with E-state index in [1.165, 1.54) is 0 Å². The lowest BCUT2D eigenvalue weighted by Crippen LogP contribution is -2.58. The Labute approximate surface area is 349 Å². The second kappa shape index (κ2) is 20.4. The summed E-state index contributed by atoms with van der Waals surface area (Å²) in [6.07, 6.45) is -2.45. The standard InChI is InChI=1S/C44H56N2O14/c1-4-29-16-18-31(45-43(50)52-23-26-12-8-6-9-13-26)40(54-29)58-36-25(3)20-28-21-34(48)57-37(28)39(36)60-42-35(49)38(33(22-47)56-42)59-41-32(19-17-30(5-2)55-41)46-44(51)53-24-27-14-10-7-11-15-27/h6-19,25,28-33,35-42,47,49H,4-5,20-24H2,1-3H3,(H,45,50)(H,46,51)/t25-,28-,29+,30+,31+,32+,33+,35+,36+,37-,38+,39-,40+,41+,42-/m0/s1. The zero-order valence-corrected chi connectivity index (χ0v) is 34.0. The Bertz CT molecular complexity index is 1780. The van der Waals surface area contributed by atoms with Crippen molar-refractivity contribution in [1.82, 2.24) is 10.6 Å². The van der Waals surface area contributed by atoms with Crippen molar-refractivity contribution < 1.29 is 67.2 Å². The average molecular weight is 837 g/mol. The lowest BCUT2D eigenvalue weighted by Gasteiger charge is -2.45. The quantitative estimate of drug-likeness (QED) is 0.113. The molecule has 16 nitrogen and oxygen atoms in total. The van der Waals surface area contributed by atoms with E-state index < -0.39 is 86.4 Å². The second-order valence-electron chi connectivity index (χ2n) is 15.8. The number of benzene rings is 2. The van der Waals surface area contributed by atoms with Crippen LogP contribution in [0.5, 0.6) is 0 Å². The van der Waals surface area contributed by atoms with Crippen LogP contribution in [-0.2, 0) is 60.6 Å². The molecule has 326 valence electrons. The van der Waals surface area contributed by atoms with E-state index in [-0.39, 0.29) is 49.6 Å². The van der Waals surface area contributed by atoms with Gasteiger partial charge in [0.25, 0.3) is 0 Å². The number of hydrogen-bond acceptors (Lipinski definition) is 14. The van der Waals surface area contributed by atoms with Gasteiger partial charge in [0.2, 0.25) is 0 Å². The van der Waals surface area contributed by atoms with E-state index in [0.29, 0.717) is 19.3 Å². The van der Waals surface area contributed by atoms with Crippen molar-refractivity contribution in [2.45, 2.75) is 139 Å². The fourth-order valence-electron chi connectivity index (χ4n) is 8.27. The highest BCUT2D eigenvalue weighted by Gasteiger charge is 2.56. The van der Waals surface area contributed by atoms with E-state index in [1.54, 1.807) is 6.08 Å². The van der Waals surface area contributed by atoms with Gasteiger partial charge in [-0.3, -0.25) is 4.79 Å². The van der Waals surface area contributed by atoms with Gasteiger partial charge in [-0.05, 0) is 36.3 Å². The summed E-state index contributed by atoms with van der Waals surface area (Å²) >= 11 is 0. The molecule has 4 aliphatic heterocycles. The van der Waals surface area contributed by atoms with E-state index in [4.69, 9.17) is 42.6 Å². The Hall–Kier alpha value is -4.39. The first-order chi connectivity index (χ1) is 29.1. The third-order valence-corrected chi connectivity index (χ3v) is 11.5. The summed E-state index contributed by atoms with van der Waals surface area (Å²) < 4.78 is 55.0. The molecule has 0 aromatic heterocycles. The zero-order chi connectivity index (χ0) is 42.2. The Morgan fingerprint density at radius 2 is 1.23 bits per heavy atom. The largest absolute Gasteiger partial charge is 0.459 e. The minimum absolute atomic E-state index is 0.0523. The Morgan fingerprint density at radius 3 is 1.75 bits per heavy atom. The minimum Gasteiger partial charge on any atom is -0.459 e. The Morgan fingerprint density at radius 1 is 0.717 bits per heavy atom. The fourth-order valence-corrected chi connectivity index (χ4v) is 8.27. The first kappa shape index (κ1) is 43.7. The van der Waals surface area contributed by atoms with E-state index >= 15 is 0 Å². The number of esters is 1. The third-order valence-electron chi connectivity index (χ3n) is 11.5. The number of aliphatic hydroxyl groups is 2. The first-order valence-electron chi connectivity index (χ1n) is 20.8. The molecule has 2 aromatic carbocycles. The van der Waals surface area contributed by atoms with Crippen LogP contribution in [-0.4, -0.2) is 115 Å². The number of amides is 2. The van der Waals surface area contributed by atoms with Crippen LogP contribution in [0.2, 0.25) is 0 Å². The van der Waals surface area contributed by atoms with Gasteiger partial charge in [0, 0.05) is 5.92 Å². The molecule has 0 bridgehead atoms. The van der Waals surface area contributed by atoms with Gasteiger partial charge in [-0.15, -0.1) is 0 Å². The van der Waals surface area contributed by atoms with Crippen LogP contribution in [0.3, 0.4) is 0 Å². The summed E-state index contributed by atoms with van der Waals surface area (Å²) in [6.45, 7) is 5.44. The summed E-state index contributed by atoms with van der Waals surface area (Å²) in [5.41, 5.74) is 1.64. The molecule has 2 amide bonds. The molecule has 1 aliphatic carbocycles. The molecule has 2 aromatic rings. The van der Waals surface area contributed by atoms with Crippen LogP contribution in [0, 0.1) is 11.8 Å². The van der Waals surface area contributed by atoms with Gasteiger partial charge in [0.1, 0.15) is 55.8 Å². The van der Waals surface area contributed by atoms with Gasteiger partial charge in [-0.25, -0.2) is 9.59 Å². The first-order valence-corrected chi connectivity index (χ1v) is 20.8. The highest BCUT2D eigenvalue weighted by molar-refractivity contribution is 5.72. The van der Waals surface area contributed by atoms with Gasteiger partial charge in [-0.2, -0.15) is 0 Å². The Kier molecular flexibility index (Phi) is 14.9. The lowest BCUT2D eigenvalue weighted by molar-refractivity contribution is -0.287. The van der Waals surface area contributed by atoms with Crippen molar-refractivity contribution in [3.63, 3.8) is 0 Å². The molecule has 5 aliphatic rings. The van der Waals surface area contributed by atoms with Gasteiger partial charge >= 0.3 is 18.2 Å². The van der Waals surface area contributed by atoms with Crippen LogP contribution in [0.25, 0.3) is 0 Å². The lowest BCUT2D eigenvalue weighted by atomic mass is 9.76. The van der Waals surface area contributed by atoms with E-state index in [9.17, 15) is 24.6 Å². The number of carbonyl (C=O) groups is 3. The summed E-state index contributed by atoms with van der Waals surface area (Å²) in [5, 5.41) is 27.9. The van der Waals surface area contributed by atoms with Crippen LogP contribution in [0.4, 0.5) is 9.59 Å². The summed E-state index contributed by atoms with van der Waals surface area (Å²) in [4.78, 5) is 38.6. The van der Waals surface area contributed by atoms with E-state index in [1.807, 2.05) is 99.7 Å². The molecule has 0 spiro atoms. The van der Waals surface area contributed by atoms with E-state index in [2.05, 4.69) is 10.6 Å².